The molecular weight excluding hydrogens is 350 g/mol. The second-order valence-electron chi connectivity index (χ2n) is 6.56. The largest absolute Gasteiger partial charge is 0.493 e. The molecule has 0 saturated carbocycles. The minimum Gasteiger partial charge on any atom is -0.493 e. The van der Waals surface area contributed by atoms with Gasteiger partial charge >= 0.3 is 0 Å². The van der Waals surface area contributed by atoms with Gasteiger partial charge in [-0.25, -0.2) is 4.98 Å². The van der Waals surface area contributed by atoms with Crippen molar-refractivity contribution in [1.82, 2.24) is 14.7 Å². The Morgan fingerprint density at radius 1 is 0.893 bits per heavy atom. The third-order valence-corrected chi connectivity index (χ3v) is 4.51. The van der Waals surface area contributed by atoms with Crippen LogP contribution in [0, 0.1) is 0 Å². The first kappa shape index (κ1) is 18.1. The molecule has 1 N–H and O–H groups in total. The SMILES string of the molecule is COc1ccc(CNCc2cn3ccccc3n2)cc1OCc1ccccc1. The summed E-state index contributed by atoms with van der Waals surface area (Å²) in [5.74, 6) is 1.48. The average molecular weight is 373 g/mol. The molecule has 2 aromatic heterocycles. The summed E-state index contributed by atoms with van der Waals surface area (Å²) in [5, 5.41) is 3.45. The van der Waals surface area contributed by atoms with Crippen LogP contribution in [0.15, 0.2) is 79.1 Å². The zero-order valence-corrected chi connectivity index (χ0v) is 15.8. The van der Waals surface area contributed by atoms with Gasteiger partial charge < -0.3 is 19.2 Å². The number of ether oxygens (including phenoxy) is 2. The minimum absolute atomic E-state index is 0.509. The summed E-state index contributed by atoms with van der Waals surface area (Å²) in [4.78, 5) is 4.61. The molecule has 0 unspecified atom stereocenters. The molecule has 0 radical (unpaired) electrons. The molecule has 0 bridgehead atoms. The first-order valence-corrected chi connectivity index (χ1v) is 9.29. The van der Waals surface area contributed by atoms with E-state index < -0.39 is 0 Å². The van der Waals surface area contributed by atoms with Crippen molar-refractivity contribution in [1.29, 1.82) is 0 Å². The fourth-order valence-corrected chi connectivity index (χ4v) is 3.09. The fraction of sp³-hybridized carbons (Fsp3) is 0.174. The lowest BCUT2D eigenvalue weighted by atomic mass is 10.2. The summed E-state index contributed by atoms with van der Waals surface area (Å²) in [7, 11) is 1.66. The van der Waals surface area contributed by atoms with E-state index >= 15 is 0 Å². The van der Waals surface area contributed by atoms with Crippen LogP contribution >= 0.6 is 0 Å². The predicted octanol–water partition coefficient (Wildman–Crippen LogP) is 4.21. The molecule has 2 heterocycles. The molecule has 2 aromatic carbocycles. The lowest BCUT2D eigenvalue weighted by molar-refractivity contribution is 0.284. The molecule has 0 atom stereocenters. The van der Waals surface area contributed by atoms with E-state index in [4.69, 9.17) is 9.47 Å². The monoisotopic (exact) mass is 373 g/mol. The number of nitrogens with zero attached hydrogens (tertiary/aromatic N) is 2. The number of hydrogen-bond acceptors (Lipinski definition) is 4. The van der Waals surface area contributed by atoms with Crippen molar-refractivity contribution < 1.29 is 9.47 Å². The zero-order chi connectivity index (χ0) is 19.2. The Kier molecular flexibility index (Phi) is 5.54. The number of nitrogens with one attached hydrogen (secondary N) is 1. The number of pyridine rings is 1. The van der Waals surface area contributed by atoms with Gasteiger partial charge in [-0.05, 0) is 35.4 Å². The van der Waals surface area contributed by atoms with Crippen LogP contribution in [0.1, 0.15) is 16.8 Å². The van der Waals surface area contributed by atoms with E-state index in [9.17, 15) is 0 Å². The van der Waals surface area contributed by atoms with Crippen molar-refractivity contribution in [2.75, 3.05) is 7.11 Å². The van der Waals surface area contributed by atoms with Gasteiger partial charge in [0, 0.05) is 25.5 Å². The lowest BCUT2D eigenvalue weighted by Gasteiger charge is -2.13. The third kappa shape index (κ3) is 4.32. The average Bonchev–Trinajstić information content (AvgIpc) is 3.16. The molecule has 0 aliphatic rings. The van der Waals surface area contributed by atoms with E-state index in [1.807, 2.05) is 83.5 Å². The van der Waals surface area contributed by atoms with E-state index in [0.717, 1.165) is 40.5 Å². The molecule has 142 valence electrons. The number of methoxy groups -OCH3 is 1. The molecule has 0 aliphatic carbocycles. The number of imidazole rings is 1. The van der Waals surface area contributed by atoms with Gasteiger partial charge in [0.1, 0.15) is 12.3 Å². The van der Waals surface area contributed by atoms with Crippen LogP contribution in [0.4, 0.5) is 0 Å². The standard InChI is InChI=1S/C23H23N3O2/c1-27-21-11-10-19(13-22(21)28-17-18-7-3-2-4-8-18)14-24-15-20-16-26-12-6-5-9-23(26)25-20/h2-13,16,24H,14-15,17H2,1H3. The van der Waals surface area contributed by atoms with Crippen LogP contribution in [-0.2, 0) is 19.7 Å². The Balaban J connectivity index is 1.38. The van der Waals surface area contributed by atoms with Crippen molar-refractivity contribution in [2.24, 2.45) is 0 Å². The number of benzene rings is 2. The Morgan fingerprint density at radius 2 is 1.75 bits per heavy atom. The van der Waals surface area contributed by atoms with E-state index in [1.165, 1.54) is 0 Å². The predicted molar refractivity (Wildman–Crippen MR) is 110 cm³/mol. The maximum atomic E-state index is 5.99. The van der Waals surface area contributed by atoms with Crippen molar-refractivity contribution in [3.8, 4) is 11.5 Å². The quantitative estimate of drug-likeness (QED) is 0.503. The molecule has 28 heavy (non-hydrogen) atoms. The number of hydrogen-bond donors (Lipinski definition) is 1. The highest BCUT2D eigenvalue weighted by Gasteiger charge is 2.07. The van der Waals surface area contributed by atoms with E-state index in [-0.39, 0.29) is 0 Å². The fourth-order valence-electron chi connectivity index (χ4n) is 3.09. The highest BCUT2D eigenvalue weighted by molar-refractivity contribution is 5.43. The normalized spacial score (nSPS) is 10.9. The van der Waals surface area contributed by atoms with Crippen LogP contribution in [0.3, 0.4) is 0 Å². The molecule has 0 aliphatic heterocycles. The van der Waals surface area contributed by atoms with E-state index in [1.54, 1.807) is 7.11 Å². The minimum atomic E-state index is 0.509. The Hall–Kier alpha value is -3.31. The van der Waals surface area contributed by atoms with E-state index in [0.29, 0.717) is 13.2 Å². The molecule has 4 rings (SSSR count). The second-order valence-corrected chi connectivity index (χ2v) is 6.56. The van der Waals surface area contributed by atoms with Crippen LogP contribution < -0.4 is 14.8 Å². The summed E-state index contributed by atoms with van der Waals surface area (Å²) in [6.45, 7) is 1.93. The molecule has 0 spiro atoms. The first-order valence-electron chi connectivity index (χ1n) is 9.29. The second kappa shape index (κ2) is 8.59. The smallest absolute Gasteiger partial charge is 0.161 e. The van der Waals surface area contributed by atoms with Gasteiger partial charge in [0.25, 0.3) is 0 Å². The maximum Gasteiger partial charge on any atom is 0.161 e. The van der Waals surface area contributed by atoms with Crippen LogP contribution in [0.5, 0.6) is 11.5 Å². The van der Waals surface area contributed by atoms with Gasteiger partial charge in [-0.1, -0.05) is 42.5 Å². The summed E-state index contributed by atoms with van der Waals surface area (Å²) in [6.07, 6.45) is 4.05. The Labute approximate surface area is 164 Å². The molecule has 0 fully saturated rings. The Morgan fingerprint density at radius 3 is 2.57 bits per heavy atom. The molecule has 4 aromatic rings. The van der Waals surface area contributed by atoms with Crippen molar-refractivity contribution in [2.45, 2.75) is 19.7 Å². The molecule has 0 saturated heterocycles. The van der Waals surface area contributed by atoms with Gasteiger partial charge in [0.2, 0.25) is 0 Å². The summed E-state index contributed by atoms with van der Waals surface area (Å²) in [5.41, 5.74) is 4.23. The van der Waals surface area contributed by atoms with Gasteiger partial charge in [0.15, 0.2) is 11.5 Å². The third-order valence-electron chi connectivity index (χ3n) is 4.51. The summed E-state index contributed by atoms with van der Waals surface area (Å²) in [6, 6.07) is 22.1. The van der Waals surface area contributed by atoms with Crippen molar-refractivity contribution in [3.05, 3.63) is 95.9 Å². The van der Waals surface area contributed by atoms with Gasteiger partial charge in [-0.15, -0.1) is 0 Å². The summed E-state index contributed by atoms with van der Waals surface area (Å²) < 4.78 is 13.5. The van der Waals surface area contributed by atoms with Crippen molar-refractivity contribution >= 4 is 5.65 Å². The van der Waals surface area contributed by atoms with Crippen molar-refractivity contribution in [3.63, 3.8) is 0 Å². The number of aromatic nitrogens is 2. The van der Waals surface area contributed by atoms with Gasteiger partial charge in [-0.2, -0.15) is 0 Å². The highest BCUT2D eigenvalue weighted by Crippen LogP contribution is 2.29. The maximum absolute atomic E-state index is 5.99. The molecule has 5 nitrogen and oxygen atoms in total. The topological polar surface area (TPSA) is 47.8 Å². The summed E-state index contributed by atoms with van der Waals surface area (Å²) >= 11 is 0. The number of rotatable bonds is 8. The van der Waals surface area contributed by atoms with Crippen LogP contribution in [0.25, 0.3) is 5.65 Å². The zero-order valence-electron chi connectivity index (χ0n) is 15.8. The van der Waals surface area contributed by atoms with Gasteiger partial charge in [-0.3, -0.25) is 0 Å². The highest BCUT2D eigenvalue weighted by atomic mass is 16.5. The molecular formula is C23H23N3O2. The lowest BCUT2D eigenvalue weighted by Crippen LogP contribution is -2.13. The van der Waals surface area contributed by atoms with Crippen LogP contribution in [0.2, 0.25) is 0 Å². The van der Waals surface area contributed by atoms with E-state index in [2.05, 4.69) is 10.3 Å². The number of fused-ring (bicyclic) bond motifs is 1. The Bertz CT molecular complexity index is 1010. The van der Waals surface area contributed by atoms with Crippen LogP contribution in [-0.4, -0.2) is 16.5 Å². The molecule has 0 amide bonds. The molecule has 5 heteroatoms. The first-order chi connectivity index (χ1) is 13.8. The van der Waals surface area contributed by atoms with Gasteiger partial charge in [0.05, 0.1) is 12.8 Å².